The molecule has 0 aliphatic carbocycles. The number of carbonyl (C=O) groups excluding carboxylic acids is 1. The van der Waals surface area contributed by atoms with Gasteiger partial charge in [0.05, 0.1) is 19.0 Å². The Morgan fingerprint density at radius 3 is 2.94 bits per heavy atom. The average Bonchev–Trinajstić information content (AvgIpc) is 2.77. The molecule has 98 valence electrons. The van der Waals surface area contributed by atoms with Gasteiger partial charge in [0.1, 0.15) is 5.44 Å². The van der Waals surface area contributed by atoms with Gasteiger partial charge < -0.3 is 14.2 Å². The smallest absolute Gasteiger partial charge is 0.304 e. The Balaban J connectivity index is 1.65. The second-order valence-corrected chi connectivity index (χ2v) is 5.13. The van der Waals surface area contributed by atoms with E-state index in [1.54, 1.807) is 11.8 Å². The summed E-state index contributed by atoms with van der Waals surface area (Å²) < 4.78 is 16.0. The molecular formula is C13H16O4S. The first-order chi connectivity index (χ1) is 8.74. The molecule has 4 nitrogen and oxygen atoms in total. The summed E-state index contributed by atoms with van der Waals surface area (Å²) in [5.41, 5.74) is 1.08. The zero-order valence-corrected chi connectivity index (χ0v) is 11.0. The van der Waals surface area contributed by atoms with E-state index in [-0.39, 0.29) is 11.4 Å². The third-order valence-corrected chi connectivity index (χ3v) is 3.47. The maximum Gasteiger partial charge on any atom is 0.304 e. The van der Waals surface area contributed by atoms with Gasteiger partial charge in [0.15, 0.2) is 0 Å². The molecule has 0 bridgehead atoms. The minimum absolute atomic E-state index is 0.0573. The van der Waals surface area contributed by atoms with E-state index < -0.39 is 6.29 Å². The number of hydrogen-bond donors (Lipinski definition) is 0. The highest BCUT2D eigenvalue weighted by Crippen LogP contribution is 2.26. The Bertz CT molecular complexity index is 382. The predicted molar refractivity (Wildman–Crippen MR) is 69.0 cm³/mol. The number of hydrogen-bond acceptors (Lipinski definition) is 5. The molecule has 0 spiro atoms. The molecule has 1 unspecified atom stereocenters. The van der Waals surface area contributed by atoms with Crippen LogP contribution in [-0.2, 0) is 25.6 Å². The highest BCUT2D eigenvalue weighted by Gasteiger charge is 2.27. The average molecular weight is 268 g/mol. The minimum Gasteiger partial charge on any atom is -0.435 e. The van der Waals surface area contributed by atoms with Crippen LogP contribution in [0.15, 0.2) is 30.3 Å². The molecule has 1 aromatic rings. The summed E-state index contributed by atoms with van der Waals surface area (Å²) in [6, 6.07) is 9.98. The second kappa shape index (κ2) is 6.78. The SMILES string of the molecule is CC(=O)OC1CS[C@@H](COCc2ccccc2)O1. The summed E-state index contributed by atoms with van der Waals surface area (Å²) in [5.74, 6) is 0.352. The fourth-order valence-corrected chi connectivity index (χ4v) is 2.53. The summed E-state index contributed by atoms with van der Waals surface area (Å²) in [4.78, 5) is 10.8. The highest BCUT2D eigenvalue weighted by atomic mass is 32.2. The van der Waals surface area contributed by atoms with Gasteiger partial charge in [0.2, 0.25) is 6.29 Å². The fourth-order valence-electron chi connectivity index (χ4n) is 1.62. The van der Waals surface area contributed by atoms with Crippen molar-refractivity contribution in [3.05, 3.63) is 35.9 Å². The maximum atomic E-state index is 10.8. The van der Waals surface area contributed by atoms with Crippen LogP contribution >= 0.6 is 11.8 Å². The van der Waals surface area contributed by atoms with Crippen molar-refractivity contribution < 1.29 is 19.0 Å². The maximum absolute atomic E-state index is 10.8. The molecule has 1 heterocycles. The Morgan fingerprint density at radius 1 is 1.44 bits per heavy atom. The van der Waals surface area contributed by atoms with Crippen molar-refractivity contribution in [3.63, 3.8) is 0 Å². The molecule has 18 heavy (non-hydrogen) atoms. The van der Waals surface area contributed by atoms with E-state index in [0.29, 0.717) is 19.0 Å². The molecule has 0 radical (unpaired) electrons. The Hall–Kier alpha value is -1.04. The fraction of sp³-hybridized carbons (Fsp3) is 0.462. The molecule has 0 aromatic heterocycles. The largest absolute Gasteiger partial charge is 0.435 e. The van der Waals surface area contributed by atoms with Gasteiger partial charge in [-0.2, -0.15) is 0 Å². The van der Waals surface area contributed by atoms with Crippen molar-refractivity contribution >= 4 is 17.7 Å². The van der Waals surface area contributed by atoms with Gasteiger partial charge in [0, 0.05) is 6.92 Å². The van der Waals surface area contributed by atoms with E-state index >= 15 is 0 Å². The third kappa shape index (κ3) is 4.33. The van der Waals surface area contributed by atoms with Crippen LogP contribution in [0.25, 0.3) is 0 Å². The van der Waals surface area contributed by atoms with Crippen molar-refractivity contribution in [1.29, 1.82) is 0 Å². The minimum atomic E-state index is -0.433. The van der Waals surface area contributed by atoms with Crippen LogP contribution in [-0.4, -0.2) is 30.1 Å². The van der Waals surface area contributed by atoms with Crippen LogP contribution in [0, 0.1) is 0 Å². The lowest BCUT2D eigenvalue weighted by Crippen LogP contribution is -2.20. The molecule has 0 N–H and O–H groups in total. The van der Waals surface area contributed by atoms with E-state index in [1.807, 2.05) is 30.3 Å². The van der Waals surface area contributed by atoms with E-state index in [2.05, 4.69) is 0 Å². The predicted octanol–water partition coefficient (Wildman–Crippen LogP) is 2.18. The molecule has 0 saturated carbocycles. The number of thioether (sulfide) groups is 1. The number of ether oxygens (including phenoxy) is 3. The molecule has 1 aliphatic heterocycles. The monoisotopic (exact) mass is 268 g/mol. The number of esters is 1. The van der Waals surface area contributed by atoms with E-state index in [4.69, 9.17) is 14.2 Å². The van der Waals surface area contributed by atoms with Crippen LogP contribution in [0.3, 0.4) is 0 Å². The lowest BCUT2D eigenvalue weighted by Gasteiger charge is -2.12. The highest BCUT2D eigenvalue weighted by molar-refractivity contribution is 8.00. The third-order valence-electron chi connectivity index (χ3n) is 2.38. The van der Waals surface area contributed by atoms with E-state index in [1.165, 1.54) is 6.92 Å². The molecule has 1 saturated heterocycles. The van der Waals surface area contributed by atoms with Crippen LogP contribution in [0.5, 0.6) is 0 Å². The Morgan fingerprint density at radius 2 is 2.22 bits per heavy atom. The first kappa shape index (κ1) is 13.4. The molecule has 2 atom stereocenters. The molecule has 5 heteroatoms. The van der Waals surface area contributed by atoms with Gasteiger partial charge in [-0.15, -0.1) is 11.8 Å². The second-order valence-electron chi connectivity index (χ2n) is 3.94. The molecule has 1 fully saturated rings. The van der Waals surface area contributed by atoms with Crippen molar-refractivity contribution in [2.24, 2.45) is 0 Å². The zero-order chi connectivity index (χ0) is 12.8. The Labute approximate surface area is 111 Å². The molecular weight excluding hydrogens is 252 g/mol. The summed E-state index contributed by atoms with van der Waals surface area (Å²) in [6.07, 6.45) is -0.433. The van der Waals surface area contributed by atoms with Crippen molar-refractivity contribution in [1.82, 2.24) is 0 Å². The molecule has 1 aliphatic rings. The first-order valence-corrected chi connectivity index (χ1v) is 6.85. The standard InChI is InChI=1S/C13H16O4S/c1-10(14)16-12-9-18-13(17-12)8-15-7-11-5-3-2-4-6-11/h2-6,12-13H,7-9H2,1H3/t12?,13-/m0/s1. The number of rotatable bonds is 5. The number of carbonyl (C=O) groups is 1. The van der Waals surface area contributed by atoms with Crippen LogP contribution in [0.2, 0.25) is 0 Å². The van der Waals surface area contributed by atoms with Crippen LogP contribution < -0.4 is 0 Å². The summed E-state index contributed by atoms with van der Waals surface area (Å²) in [5, 5.41) is 0. The van der Waals surface area contributed by atoms with Crippen LogP contribution in [0.1, 0.15) is 12.5 Å². The number of benzene rings is 1. The Kier molecular flexibility index (Phi) is 5.04. The lowest BCUT2D eigenvalue weighted by atomic mass is 10.2. The van der Waals surface area contributed by atoms with E-state index in [0.717, 1.165) is 5.56 Å². The topological polar surface area (TPSA) is 44.8 Å². The van der Waals surface area contributed by atoms with Gasteiger partial charge in [-0.3, -0.25) is 4.79 Å². The van der Waals surface area contributed by atoms with Gasteiger partial charge in [0.25, 0.3) is 0 Å². The van der Waals surface area contributed by atoms with Gasteiger partial charge in [-0.25, -0.2) is 0 Å². The zero-order valence-electron chi connectivity index (χ0n) is 10.2. The first-order valence-electron chi connectivity index (χ1n) is 5.80. The van der Waals surface area contributed by atoms with Crippen molar-refractivity contribution in [3.8, 4) is 0 Å². The van der Waals surface area contributed by atoms with E-state index in [9.17, 15) is 4.79 Å². The van der Waals surface area contributed by atoms with Gasteiger partial charge >= 0.3 is 5.97 Å². The summed E-state index contributed by atoms with van der Waals surface area (Å²) in [7, 11) is 0. The lowest BCUT2D eigenvalue weighted by molar-refractivity contribution is -0.173. The quantitative estimate of drug-likeness (QED) is 0.766. The summed E-state index contributed by atoms with van der Waals surface area (Å²) >= 11 is 1.60. The van der Waals surface area contributed by atoms with Crippen molar-refractivity contribution in [2.45, 2.75) is 25.3 Å². The normalized spacial score (nSPS) is 22.9. The molecule has 1 aromatic carbocycles. The summed E-state index contributed by atoms with van der Waals surface area (Å²) in [6.45, 7) is 2.45. The van der Waals surface area contributed by atoms with Crippen LogP contribution in [0.4, 0.5) is 0 Å². The van der Waals surface area contributed by atoms with Crippen molar-refractivity contribution in [2.75, 3.05) is 12.4 Å². The molecule has 2 rings (SSSR count). The van der Waals surface area contributed by atoms with Gasteiger partial charge in [-0.05, 0) is 5.56 Å². The van der Waals surface area contributed by atoms with Gasteiger partial charge in [-0.1, -0.05) is 30.3 Å². The molecule has 0 amide bonds.